The topological polar surface area (TPSA) is 21.3 Å². The van der Waals surface area contributed by atoms with Crippen LogP contribution < -0.4 is 10.1 Å². The second-order valence-corrected chi connectivity index (χ2v) is 4.61. The molecule has 0 amide bonds. The van der Waals surface area contributed by atoms with Gasteiger partial charge >= 0.3 is 0 Å². The summed E-state index contributed by atoms with van der Waals surface area (Å²) >= 11 is 0. The molecule has 0 aliphatic carbocycles. The van der Waals surface area contributed by atoms with E-state index in [-0.39, 0.29) is 0 Å². The normalized spacial score (nSPS) is 24.6. The van der Waals surface area contributed by atoms with E-state index in [1.54, 1.807) is 0 Å². The Bertz CT molecular complexity index is 320. The van der Waals surface area contributed by atoms with Gasteiger partial charge in [-0.05, 0) is 49.9 Å². The van der Waals surface area contributed by atoms with Gasteiger partial charge in [-0.25, -0.2) is 0 Å². The molecule has 1 saturated heterocycles. The highest BCUT2D eigenvalue weighted by molar-refractivity contribution is 5.28. The molecule has 2 nitrogen and oxygen atoms in total. The summed E-state index contributed by atoms with van der Waals surface area (Å²) in [6.07, 6.45) is 2.44. The number of benzene rings is 1. The van der Waals surface area contributed by atoms with Crippen molar-refractivity contribution in [3.8, 4) is 5.75 Å². The van der Waals surface area contributed by atoms with Gasteiger partial charge in [-0.3, -0.25) is 0 Å². The van der Waals surface area contributed by atoms with Crippen LogP contribution in [0, 0.1) is 5.92 Å². The van der Waals surface area contributed by atoms with Crippen molar-refractivity contribution in [2.45, 2.75) is 32.7 Å². The predicted octanol–water partition coefficient (Wildman–Crippen LogP) is 2.63. The Kier molecular flexibility index (Phi) is 3.83. The van der Waals surface area contributed by atoms with Crippen molar-refractivity contribution < 1.29 is 4.74 Å². The van der Waals surface area contributed by atoms with E-state index in [0.717, 1.165) is 24.7 Å². The zero-order valence-electron chi connectivity index (χ0n) is 10.2. The largest absolute Gasteiger partial charge is 0.494 e. The molecule has 88 valence electrons. The van der Waals surface area contributed by atoms with Crippen molar-refractivity contribution in [1.29, 1.82) is 0 Å². The van der Waals surface area contributed by atoms with Gasteiger partial charge in [0.25, 0.3) is 0 Å². The van der Waals surface area contributed by atoms with Gasteiger partial charge in [-0.15, -0.1) is 0 Å². The molecule has 2 atom stereocenters. The summed E-state index contributed by atoms with van der Waals surface area (Å²) in [7, 11) is 0. The summed E-state index contributed by atoms with van der Waals surface area (Å²) in [5.74, 6) is 1.77. The molecule has 0 spiro atoms. The van der Waals surface area contributed by atoms with Crippen molar-refractivity contribution in [3.63, 3.8) is 0 Å². The maximum absolute atomic E-state index is 5.44. The summed E-state index contributed by atoms with van der Waals surface area (Å²) in [5.41, 5.74) is 1.40. The Balaban J connectivity index is 1.94. The van der Waals surface area contributed by atoms with Crippen molar-refractivity contribution in [2.75, 3.05) is 13.2 Å². The SMILES string of the molecule is CCOc1ccc(C[C@H]2NCC[C@H]2C)cc1. The second-order valence-electron chi connectivity index (χ2n) is 4.61. The molecule has 2 rings (SSSR count). The first-order valence-corrected chi connectivity index (χ1v) is 6.24. The fraction of sp³-hybridized carbons (Fsp3) is 0.571. The van der Waals surface area contributed by atoms with Crippen LogP contribution in [0.5, 0.6) is 5.75 Å². The lowest BCUT2D eigenvalue weighted by Crippen LogP contribution is -2.27. The van der Waals surface area contributed by atoms with Crippen LogP contribution in [0.3, 0.4) is 0 Å². The summed E-state index contributed by atoms with van der Waals surface area (Å²) in [4.78, 5) is 0. The molecule has 0 radical (unpaired) electrons. The second kappa shape index (κ2) is 5.35. The molecule has 0 saturated carbocycles. The van der Waals surface area contributed by atoms with Gasteiger partial charge in [-0.1, -0.05) is 19.1 Å². The molecule has 1 aromatic carbocycles. The van der Waals surface area contributed by atoms with Crippen LogP contribution >= 0.6 is 0 Å². The van der Waals surface area contributed by atoms with Crippen molar-refractivity contribution in [1.82, 2.24) is 5.32 Å². The van der Waals surface area contributed by atoms with Crippen LogP contribution in [0.2, 0.25) is 0 Å². The minimum absolute atomic E-state index is 0.651. The number of hydrogen-bond acceptors (Lipinski definition) is 2. The fourth-order valence-electron chi connectivity index (χ4n) is 2.31. The Morgan fingerprint density at radius 2 is 2.06 bits per heavy atom. The Morgan fingerprint density at radius 3 is 2.62 bits per heavy atom. The number of rotatable bonds is 4. The zero-order valence-corrected chi connectivity index (χ0v) is 10.2. The summed E-state index contributed by atoms with van der Waals surface area (Å²) in [6.45, 7) is 6.25. The lowest BCUT2D eigenvalue weighted by atomic mass is 9.96. The fourth-order valence-corrected chi connectivity index (χ4v) is 2.31. The average molecular weight is 219 g/mol. The smallest absolute Gasteiger partial charge is 0.119 e. The molecule has 0 unspecified atom stereocenters. The molecular formula is C14H21NO. The van der Waals surface area contributed by atoms with Crippen molar-refractivity contribution in [2.24, 2.45) is 5.92 Å². The van der Waals surface area contributed by atoms with Gasteiger partial charge in [0.15, 0.2) is 0 Å². The van der Waals surface area contributed by atoms with Gasteiger partial charge in [0.1, 0.15) is 5.75 Å². The minimum Gasteiger partial charge on any atom is -0.494 e. The van der Waals surface area contributed by atoms with E-state index < -0.39 is 0 Å². The highest BCUT2D eigenvalue weighted by Gasteiger charge is 2.22. The van der Waals surface area contributed by atoms with Gasteiger partial charge in [0.05, 0.1) is 6.61 Å². The highest BCUT2D eigenvalue weighted by Crippen LogP contribution is 2.20. The lowest BCUT2D eigenvalue weighted by molar-refractivity contribution is 0.340. The van der Waals surface area contributed by atoms with Crippen LogP contribution in [0.1, 0.15) is 25.8 Å². The maximum Gasteiger partial charge on any atom is 0.119 e. The molecule has 16 heavy (non-hydrogen) atoms. The van der Waals surface area contributed by atoms with Crippen LogP contribution in [0.4, 0.5) is 0 Å². The maximum atomic E-state index is 5.44. The monoisotopic (exact) mass is 219 g/mol. The molecule has 1 heterocycles. The summed E-state index contributed by atoms with van der Waals surface area (Å²) < 4.78 is 5.44. The van der Waals surface area contributed by atoms with E-state index in [1.807, 2.05) is 6.92 Å². The van der Waals surface area contributed by atoms with Crippen LogP contribution in [0.25, 0.3) is 0 Å². The average Bonchev–Trinajstić information content (AvgIpc) is 2.68. The Hall–Kier alpha value is -1.02. The van der Waals surface area contributed by atoms with Gasteiger partial charge < -0.3 is 10.1 Å². The molecular weight excluding hydrogens is 198 g/mol. The molecule has 2 heteroatoms. The predicted molar refractivity (Wildman–Crippen MR) is 66.9 cm³/mol. The van der Waals surface area contributed by atoms with Crippen LogP contribution in [0.15, 0.2) is 24.3 Å². The van der Waals surface area contributed by atoms with Crippen molar-refractivity contribution >= 4 is 0 Å². The highest BCUT2D eigenvalue weighted by atomic mass is 16.5. The minimum atomic E-state index is 0.651. The molecule has 1 N–H and O–H groups in total. The van der Waals surface area contributed by atoms with E-state index >= 15 is 0 Å². The number of ether oxygens (including phenoxy) is 1. The van der Waals surface area contributed by atoms with E-state index in [9.17, 15) is 0 Å². The third-order valence-electron chi connectivity index (χ3n) is 3.38. The number of hydrogen-bond donors (Lipinski definition) is 1. The van der Waals surface area contributed by atoms with Gasteiger partial charge in [0, 0.05) is 6.04 Å². The molecule has 0 aromatic heterocycles. The van der Waals surface area contributed by atoms with E-state index in [1.165, 1.54) is 18.5 Å². The van der Waals surface area contributed by atoms with Crippen LogP contribution in [-0.4, -0.2) is 19.2 Å². The van der Waals surface area contributed by atoms with E-state index in [0.29, 0.717) is 6.04 Å². The third-order valence-corrected chi connectivity index (χ3v) is 3.38. The molecule has 0 bridgehead atoms. The zero-order chi connectivity index (χ0) is 11.4. The molecule has 1 aliphatic heterocycles. The molecule has 1 aliphatic rings. The first-order chi connectivity index (χ1) is 7.79. The number of nitrogens with one attached hydrogen (secondary N) is 1. The first kappa shape index (κ1) is 11.5. The first-order valence-electron chi connectivity index (χ1n) is 6.24. The van der Waals surface area contributed by atoms with Crippen LogP contribution in [-0.2, 0) is 6.42 Å². The van der Waals surface area contributed by atoms with E-state index in [4.69, 9.17) is 4.74 Å². The summed E-state index contributed by atoms with van der Waals surface area (Å²) in [6, 6.07) is 9.14. The standard InChI is InChI=1S/C14H21NO/c1-3-16-13-6-4-12(5-7-13)10-14-11(2)8-9-15-14/h4-7,11,14-15H,3,8-10H2,1-2H3/t11-,14-/m1/s1. The molecule has 1 fully saturated rings. The van der Waals surface area contributed by atoms with Gasteiger partial charge in [0.2, 0.25) is 0 Å². The van der Waals surface area contributed by atoms with Gasteiger partial charge in [-0.2, -0.15) is 0 Å². The Labute approximate surface area is 98.0 Å². The lowest BCUT2D eigenvalue weighted by Gasteiger charge is -2.15. The molecule has 1 aromatic rings. The summed E-state index contributed by atoms with van der Waals surface area (Å²) in [5, 5.41) is 3.56. The third kappa shape index (κ3) is 2.76. The quantitative estimate of drug-likeness (QED) is 0.840. The Morgan fingerprint density at radius 1 is 1.31 bits per heavy atom. The van der Waals surface area contributed by atoms with E-state index in [2.05, 4.69) is 36.5 Å². The van der Waals surface area contributed by atoms with Crippen molar-refractivity contribution in [3.05, 3.63) is 29.8 Å².